The molecule has 1 aliphatic rings. The normalized spacial score (nSPS) is 18.9. The molecule has 1 nitrogen and oxygen atoms in total. The number of hydrogen-bond acceptors (Lipinski definition) is 1. The van der Waals surface area contributed by atoms with Gasteiger partial charge in [-0.05, 0) is 24.8 Å². The van der Waals surface area contributed by atoms with E-state index in [0.29, 0.717) is 11.7 Å². The molecule has 0 aliphatic heterocycles. The summed E-state index contributed by atoms with van der Waals surface area (Å²) in [7, 11) is 0. The van der Waals surface area contributed by atoms with Crippen molar-refractivity contribution in [3.8, 4) is 0 Å². The SMILES string of the molecule is CC(Cc1ccccc1)C(=O)C1CCCCC1. The van der Waals surface area contributed by atoms with Gasteiger partial charge in [-0.3, -0.25) is 4.79 Å². The quantitative estimate of drug-likeness (QED) is 0.763. The summed E-state index contributed by atoms with van der Waals surface area (Å²) in [6.07, 6.45) is 6.95. The first kappa shape index (κ1) is 12.3. The maximum absolute atomic E-state index is 12.3. The molecule has 0 N–H and O–H groups in total. The van der Waals surface area contributed by atoms with Crippen LogP contribution in [-0.2, 0) is 11.2 Å². The molecule has 2 rings (SSSR count). The van der Waals surface area contributed by atoms with Gasteiger partial charge < -0.3 is 0 Å². The topological polar surface area (TPSA) is 17.1 Å². The summed E-state index contributed by atoms with van der Waals surface area (Å²) in [5.74, 6) is 1.02. The number of ketones is 1. The van der Waals surface area contributed by atoms with E-state index in [9.17, 15) is 4.79 Å². The molecule has 1 aromatic rings. The van der Waals surface area contributed by atoms with Gasteiger partial charge in [0.15, 0.2) is 0 Å². The van der Waals surface area contributed by atoms with E-state index in [2.05, 4.69) is 19.1 Å². The molecule has 1 unspecified atom stereocenters. The lowest BCUT2D eigenvalue weighted by Crippen LogP contribution is -2.25. The highest BCUT2D eigenvalue weighted by Crippen LogP contribution is 2.27. The van der Waals surface area contributed by atoms with Gasteiger partial charge in [0.05, 0.1) is 0 Å². The lowest BCUT2D eigenvalue weighted by atomic mass is 9.80. The minimum atomic E-state index is 0.181. The molecule has 92 valence electrons. The zero-order valence-corrected chi connectivity index (χ0v) is 10.7. The summed E-state index contributed by atoms with van der Waals surface area (Å²) in [6, 6.07) is 10.4. The number of carbonyl (C=O) groups is 1. The predicted molar refractivity (Wildman–Crippen MR) is 70.9 cm³/mol. The number of carbonyl (C=O) groups excluding carboxylic acids is 1. The van der Waals surface area contributed by atoms with E-state index in [-0.39, 0.29) is 5.92 Å². The van der Waals surface area contributed by atoms with Crippen LogP contribution in [0.25, 0.3) is 0 Å². The Labute approximate surface area is 104 Å². The van der Waals surface area contributed by atoms with E-state index in [0.717, 1.165) is 19.3 Å². The zero-order chi connectivity index (χ0) is 12.1. The minimum Gasteiger partial charge on any atom is -0.299 e. The molecule has 1 heteroatoms. The molecule has 1 atom stereocenters. The van der Waals surface area contributed by atoms with Gasteiger partial charge in [-0.25, -0.2) is 0 Å². The Morgan fingerprint density at radius 2 is 1.82 bits per heavy atom. The van der Waals surface area contributed by atoms with Crippen molar-refractivity contribution in [1.29, 1.82) is 0 Å². The Morgan fingerprint density at radius 3 is 2.47 bits per heavy atom. The molecule has 0 radical (unpaired) electrons. The van der Waals surface area contributed by atoms with Crippen molar-refractivity contribution < 1.29 is 4.79 Å². The van der Waals surface area contributed by atoms with E-state index < -0.39 is 0 Å². The van der Waals surface area contributed by atoms with Crippen molar-refractivity contribution in [3.05, 3.63) is 35.9 Å². The predicted octanol–water partition coefficient (Wildman–Crippen LogP) is 4.01. The van der Waals surface area contributed by atoms with Crippen molar-refractivity contribution in [1.82, 2.24) is 0 Å². The molecule has 1 aliphatic carbocycles. The lowest BCUT2D eigenvalue weighted by Gasteiger charge is -2.23. The van der Waals surface area contributed by atoms with E-state index >= 15 is 0 Å². The summed E-state index contributed by atoms with van der Waals surface area (Å²) >= 11 is 0. The Kier molecular flexibility index (Phi) is 4.36. The number of Topliss-reactive ketones (excluding diaryl/α,β-unsaturated/α-hetero) is 1. The Bertz CT molecular complexity index is 349. The van der Waals surface area contributed by atoms with Crippen LogP contribution in [-0.4, -0.2) is 5.78 Å². The Morgan fingerprint density at radius 1 is 1.18 bits per heavy atom. The van der Waals surface area contributed by atoms with Gasteiger partial charge in [0, 0.05) is 11.8 Å². The lowest BCUT2D eigenvalue weighted by molar-refractivity contribution is -0.127. The third-order valence-electron chi connectivity index (χ3n) is 3.88. The molecule has 0 saturated heterocycles. The molecule has 0 amide bonds. The molecule has 1 fully saturated rings. The van der Waals surface area contributed by atoms with Crippen molar-refractivity contribution in [2.24, 2.45) is 11.8 Å². The molecule has 1 saturated carbocycles. The van der Waals surface area contributed by atoms with Crippen LogP contribution in [0.2, 0.25) is 0 Å². The second kappa shape index (κ2) is 6.00. The largest absolute Gasteiger partial charge is 0.299 e. The van der Waals surface area contributed by atoms with Crippen LogP contribution in [0.3, 0.4) is 0 Å². The van der Waals surface area contributed by atoms with E-state index in [4.69, 9.17) is 0 Å². The van der Waals surface area contributed by atoms with Gasteiger partial charge in [-0.2, -0.15) is 0 Å². The van der Waals surface area contributed by atoms with Gasteiger partial charge in [0.25, 0.3) is 0 Å². The van der Waals surface area contributed by atoms with Crippen LogP contribution in [0.15, 0.2) is 30.3 Å². The Balaban J connectivity index is 1.90. The number of hydrogen-bond donors (Lipinski definition) is 0. The fraction of sp³-hybridized carbons (Fsp3) is 0.562. The van der Waals surface area contributed by atoms with E-state index in [1.165, 1.54) is 24.8 Å². The third-order valence-corrected chi connectivity index (χ3v) is 3.88. The standard InChI is InChI=1S/C16H22O/c1-13(12-14-8-4-2-5-9-14)16(17)15-10-6-3-7-11-15/h2,4-5,8-9,13,15H,3,6-7,10-12H2,1H3. The first-order valence-electron chi connectivity index (χ1n) is 6.85. The highest BCUT2D eigenvalue weighted by atomic mass is 16.1. The fourth-order valence-corrected chi connectivity index (χ4v) is 2.86. The molecule has 0 aromatic heterocycles. The second-order valence-corrected chi connectivity index (χ2v) is 5.33. The second-order valence-electron chi connectivity index (χ2n) is 5.33. The van der Waals surface area contributed by atoms with E-state index in [1.807, 2.05) is 18.2 Å². The van der Waals surface area contributed by atoms with Crippen LogP contribution in [0.1, 0.15) is 44.6 Å². The van der Waals surface area contributed by atoms with Crippen LogP contribution in [0.4, 0.5) is 0 Å². The van der Waals surface area contributed by atoms with Crippen LogP contribution in [0, 0.1) is 11.8 Å². The molecular formula is C16H22O. The summed E-state index contributed by atoms with van der Waals surface area (Å²) in [4.78, 5) is 12.3. The number of rotatable bonds is 4. The van der Waals surface area contributed by atoms with Gasteiger partial charge in [0.2, 0.25) is 0 Å². The molecule has 0 heterocycles. The molecular weight excluding hydrogens is 208 g/mol. The first-order valence-corrected chi connectivity index (χ1v) is 6.85. The van der Waals surface area contributed by atoms with Crippen LogP contribution < -0.4 is 0 Å². The highest BCUT2D eigenvalue weighted by Gasteiger charge is 2.25. The highest BCUT2D eigenvalue weighted by molar-refractivity contribution is 5.83. The van der Waals surface area contributed by atoms with Gasteiger partial charge >= 0.3 is 0 Å². The zero-order valence-electron chi connectivity index (χ0n) is 10.7. The van der Waals surface area contributed by atoms with Crippen molar-refractivity contribution >= 4 is 5.78 Å². The molecule has 1 aromatic carbocycles. The van der Waals surface area contributed by atoms with Gasteiger partial charge in [-0.1, -0.05) is 56.5 Å². The van der Waals surface area contributed by atoms with E-state index in [1.54, 1.807) is 0 Å². The minimum absolute atomic E-state index is 0.181. The van der Waals surface area contributed by atoms with Crippen LogP contribution in [0.5, 0.6) is 0 Å². The van der Waals surface area contributed by atoms with Crippen LogP contribution >= 0.6 is 0 Å². The molecule has 0 bridgehead atoms. The Hall–Kier alpha value is -1.11. The fourth-order valence-electron chi connectivity index (χ4n) is 2.86. The average Bonchev–Trinajstić information content (AvgIpc) is 2.40. The summed E-state index contributed by atoms with van der Waals surface area (Å²) in [5, 5.41) is 0. The van der Waals surface area contributed by atoms with Crippen molar-refractivity contribution in [2.75, 3.05) is 0 Å². The third kappa shape index (κ3) is 3.42. The van der Waals surface area contributed by atoms with Gasteiger partial charge in [-0.15, -0.1) is 0 Å². The first-order chi connectivity index (χ1) is 8.27. The molecule has 0 spiro atoms. The summed E-state index contributed by atoms with van der Waals surface area (Å²) < 4.78 is 0. The average molecular weight is 230 g/mol. The van der Waals surface area contributed by atoms with Crippen molar-refractivity contribution in [2.45, 2.75) is 45.4 Å². The monoisotopic (exact) mass is 230 g/mol. The molecule has 17 heavy (non-hydrogen) atoms. The van der Waals surface area contributed by atoms with Crippen molar-refractivity contribution in [3.63, 3.8) is 0 Å². The van der Waals surface area contributed by atoms with Gasteiger partial charge in [0.1, 0.15) is 5.78 Å². The summed E-state index contributed by atoms with van der Waals surface area (Å²) in [6.45, 7) is 2.09. The number of benzene rings is 1. The smallest absolute Gasteiger partial charge is 0.139 e. The maximum atomic E-state index is 12.3. The maximum Gasteiger partial charge on any atom is 0.139 e. The summed E-state index contributed by atoms with van der Waals surface area (Å²) in [5.41, 5.74) is 1.28.